The van der Waals surface area contributed by atoms with E-state index in [0.29, 0.717) is 23.3 Å². The number of rotatable bonds is 4. The molecule has 6 nitrogen and oxygen atoms in total. The molecule has 6 heteroatoms. The topological polar surface area (TPSA) is 72.7 Å². The lowest BCUT2D eigenvalue weighted by Crippen LogP contribution is -2.30. The number of carbonyl (C=O) groups is 2. The van der Waals surface area contributed by atoms with E-state index in [2.05, 4.69) is 5.32 Å². The van der Waals surface area contributed by atoms with Crippen molar-refractivity contribution in [1.29, 1.82) is 0 Å². The van der Waals surface area contributed by atoms with Crippen LogP contribution in [0.1, 0.15) is 60.9 Å². The predicted octanol–water partition coefficient (Wildman–Crippen LogP) is 3.84. The molecule has 1 amide bonds. The van der Waals surface area contributed by atoms with E-state index in [4.69, 9.17) is 9.73 Å². The third-order valence-electron chi connectivity index (χ3n) is 5.80. The molecule has 1 aliphatic heterocycles. The van der Waals surface area contributed by atoms with Crippen LogP contribution in [-0.4, -0.2) is 35.1 Å². The molecule has 1 aromatic heterocycles. The van der Waals surface area contributed by atoms with Crippen molar-refractivity contribution in [3.05, 3.63) is 59.2 Å². The highest BCUT2D eigenvalue weighted by Crippen LogP contribution is 2.20. The zero-order valence-electron chi connectivity index (χ0n) is 17.5. The first-order valence-electron chi connectivity index (χ1n) is 10.9. The number of aromatic nitrogens is 1. The molecule has 30 heavy (non-hydrogen) atoms. The fraction of sp³-hybridized carbons (Fsp3) is 0.458. The van der Waals surface area contributed by atoms with E-state index < -0.39 is 6.10 Å². The Hall–Kier alpha value is -2.73. The van der Waals surface area contributed by atoms with Crippen LogP contribution in [0.2, 0.25) is 0 Å². The van der Waals surface area contributed by atoms with Crippen LogP contribution < -0.4 is 10.8 Å². The summed E-state index contributed by atoms with van der Waals surface area (Å²) < 4.78 is 7.05. The van der Waals surface area contributed by atoms with Crippen molar-refractivity contribution in [2.45, 2.75) is 64.0 Å². The quantitative estimate of drug-likeness (QED) is 0.837. The first kappa shape index (κ1) is 20.5. The largest absolute Gasteiger partial charge is 0.368 e. The number of pyridine rings is 1. The number of aryl methyl sites for hydroxylation is 1. The van der Waals surface area contributed by atoms with Gasteiger partial charge < -0.3 is 10.1 Å². The highest BCUT2D eigenvalue weighted by atomic mass is 16.5. The number of nitrogens with one attached hydrogen (secondary N) is 1. The lowest BCUT2D eigenvalue weighted by atomic mass is 9.96. The van der Waals surface area contributed by atoms with Gasteiger partial charge in [-0.2, -0.15) is 0 Å². The summed E-state index contributed by atoms with van der Waals surface area (Å²) in [7, 11) is 0. The molecule has 4 rings (SSSR count). The maximum atomic E-state index is 13.3. The second-order valence-electron chi connectivity index (χ2n) is 8.23. The molecule has 0 radical (unpaired) electrons. The number of hydrogen-bond acceptors (Lipinski definition) is 4. The third kappa shape index (κ3) is 4.87. The second kappa shape index (κ2) is 9.39. The number of amides is 1. The molecule has 1 aromatic carbocycles. The fourth-order valence-corrected chi connectivity index (χ4v) is 4.13. The molecular formula is C24H29N3O3. The second-order valence-corrected chi connectivity index (χ2v) is 8.23. The molecule has 2 aliphatic rings. The summed E-state index contributed by atoms with van der Waals surface area (Å²) in [6.45, 7) is 2.63. The third-order valence-corrected chi connectivity index (χ3v) is 5.80. The van der Waals surface area contributed by atoms with Crippen molar-refractivity contribution >= 4 is 17.5 Å². The van der Waals surface area contributed by atoms with E-state index >= 15 is 0 Å². The molecule has 2 aromatic rings. The van der Waals surface area contributed by atoms with Gasteiger partial charge >= 0.3 is 0 Å². The first-order valence-corrected chi connectivity index (χ1v) is 10.9. The van der Waals surface area contributed by atoms with E-state index in [1.807, 2.05) is 19.1 Å². The van der Waals surface area contributed by atoms with Gasteiger partial charge in [0, 0.05) is 24.1 Å². The molecule has 2 fully saturated rings. The zero-order chi connectivity index (χ0) is 20.9. The number of ether oxygens (including phenoxy) is 1. The van der Waals surface area contributed by atoms with Crippen molar-refractivity contribution in [1.82, 2.24) is 4.57 Å². The lowest BCUT2D eigenvalue weighted by Gasteiger charge is -2.18. The minimum atomic E-state index is -0.406. The minimum absolute atomic E-state index is 0.155. The molecule has 1 atom stereocenters. The van der Waals surface area contributed by atoms with Gasteiger partial charge in [-0.05, 0) is 68.5 Å². The molecule has 2 heterocycles. The summed E-state index contributed by atoms with van der Waals surface area (Å²) in [5.74, 6) is -0.314. The minimum Gasteiger partial charge on any atom is -0.368 e. The number of carbonyl (C=O) groups excluding carboxylic acids is 2. The Labute approximate surface area is 177 Å². The molecule has 1 N–H and O–H groups in total. The van der Waals surface area contributed by atoms with Crippen LogP contribution in [0.25, 0.3) is 0 Å². The monoisotopic (exact) mass is 407 g/mol. The maximum Gasteiger partial charge on any atom is 0.263 e. The number of benzene rings is 1. The van der Waals surface area contributed by atoms with E-state index in [9.17, 15) is 9.59 Å². The average molecular weight is 408 g/mol. The summed E-state index contributed by atoms with van der Waals surface area (Å²) in [5.41, 5.74) is 2.88. The van der Waals surface area contributed by atoms with Crippen LogP contribution in [0.3, 0.4) is 0 Å². The van der Waals surface area contributed by atoms with Crippen LogP contribution in [0.15, 0.2) is 47.6 Å². The molecule has 0 bridgehead atoms. The Morgan fingerprint density at radius 1 is 1.07 bits per heavy atom. The molecule has 1 saturated carbocycles. The van der Waals surface area contributed by atoms with E-state index in [0.717, 1.165) is 31.2 Å². The van der Waals surface area contributed by atoms with Gasteiger partial charge in [-0.15, -0.1) is 0 Å². The summed E-state index contributed by atoms with van der Waals surface area (Å²) in [5, 5.41) is 2.87. The normalized spacial score (nSPS) is 20.3. The maximum absolute atomic E-state index is 13.3. The first-order chi connectivity index (χ1) is 14.6. The molecule has 1 saturated heterocycles. The van der Waals surface area contributed by atoms with Gasteiger partial charge in [0.1, 0.15) is 11.6 Å². The van der Waals surface area contributed by atoms with Crippen molar-refractivity contribution in [2.75, 3.05) is 11.9 Å². The van der Waals surface area contributed by atoms with E-state index in [1.165, 1.54) is 19.3 Å². The van der Waals surface area contributed by atoms with Crippen molar-refractivity contribution in [3.8, 4) is 0 Å². The molecule has 158 valence electrons. The Kier molecular flexibility index (Phi) is 6.43. The zero-order valence-corrected chi connectivity index (χ0v) is 17.5. The van der Waals surface area contributed by atoms with Gasteiger partial charge in [-0.1, -0.05) is 25.3 Å². The van der Waals surface area contributed by atoms with Crippen molar-refractivity contribution in [2.24, 2.45) is 4.99 Å². The summed E-state index contributed by atoms with van der Waals surface area (Å²) in [4.78, 5) is 30.5. The van der Waals surface area contributed by atoms with Crippen molar-refractivity contribution < 1.29 is 14.3 Å². The van der Waals surface area contributed by atoms with E-state index in [-0.39, 0.29) is 17.9 Å². The summed E-state index contributed by atoms with van der Waals surface area (Å²) in [6, 6.07) is 11.2. The Balaban J connectivity index is 1.58. The van der Waals surface area contributed by atoms with Crippen LogP contribution in [-0.2, 0) is 9.53 Å². The Morgan fingerprint density at radius 3 is 2.67 bits per heavy atom. The molecule has 1 aliphatic carbocycles. The highest BCUT2D eigenvalue weighted by molar-refractivity contribution is 5.99. The fourth-order valence-electron chi connectivity index (χ4n) is 4.13. The van der Waals surface area contributed by atoms with Crippen LogP contribution in [0, 0.1) is 6.92 Å². The van der Waals surface area contributed by atoms with Gasteiger partial charge in [0.05, 0.1) is 6.04 Å². The highest BCUT2D eigenvalue weighted by Gasteiger charge is 2.23. The standard InChI is InChI=1S/C24H29N3O3/c1-17-12-13-27(22(15-17)25-19-8-3-2-4-9-19)24(29)18-7-5-10-20(16-18)26-23(28)21-11-6-14-30-21/h5,7,10,12-13,15-16,19,21H,2-4,6,8-9,11,14H2,1H3,(H,26,28). The average Bonchev–Trinajstić information content (AvgIpc) is 3.30. The van der Waals surface area contributed by atoms with Crippen LogP contribution in [0.4, 0.5) is 5.69 Å². The van der Waals surface area contributed by atoms with Crippen LogP contribution in [0.5, 0.6) is 0 Å². The van der Waals surface area contributed by atoms with Crippen LogP contribution >= 0.6 is 0 Å². The number of nitrogens with zero attached hydrogens (tertiary/aromatic N) is 2. The predicted molar refractivity (Wildman–Crippen MR) is 115 cm³/mol. The van der Waals surface area contributed by atoms with Gasteiger partial charge in [0.15, 0.2) is 0 Å². The summed E-state index contributed by atoms with van der Waals surface area (Å²) >= 11 is 0. The van der Waals surface area contributed by atoms with Gasteiger partial charge in [0.25, 0.3) is 11.8 Å². The lowest BCUT2D eigenvalue weighted by molar-refractivity contribution is -0.124. The van der Waals surface area contributed by atoms with Gasteiger partial charge in [-0.3, -0.25) is 19.1 Å². The molecule has 1 unspecified atom stereocenters. The van der Waals surface area contributed by atoms with Gasteiger partial charge in [-0.25, -0.2) is 0 Å². The number of anilines is 1. The Morgan fingerprint density at radius 2 is 1.90 bits per heavy atom. The van der Waals surface area contributed by atoms with Crippen molar-refractivity contribution in [3.63, 3.8) is 0 Å². The number of hydrogen-bond donors (Lipinski definition) is 1. The SMILES string of the molecule is Cc1ccn(C(=O)c2cccc(NC(=O)C3CCCO3)c2)c(=NC2CCCCC2)c1. The smallest absolute Gasteiger partial charge is 0.263 e. The van der Waals surface area contributed by atoms with E-state index in [1.54, 1.807) is 35.0 Å². The van der Waals surface area contributed by atoms with Gasteiger partial charge in [0.2, 0.25) is 0 Å². The molecule has 0 spiro atoms. The Bertz CT molecular complexity index is 983. The molecular weight excluding hydrogens is 378 g/mol. The summed E-state index contributed by atoms with van der Waals surface area (Å²) in [6.07, 6.45) is 8.82.